The van der Waals surface area contributed by atoms with Gasteiger partial charge >= 0.3 is 6.36 Å². The molecule has 1 aliphatic rings. The van der Waals surface area contributed by atoms with E-state index in [1.807, 2.05) is 36.4 Å². The van der Waals surface area contributed by atoms with Crippen molar-refractivity contribution in [2.45, 2.75) is 6.36 Å². The van der Waals surface area contributed by atoms with Gasteiger partial charge in [-0.1, -0.05) is 30.3 Å². The van der Waals surface area contributed by atoms with E-state index < -0.39 is 6.36 Å². The largest absolute Gasteiger partial charge is 0.573 e. The van der Waals surface area contributed by atoms with Crippen molar-refractivity contribution in [1.82, 2.24) is 4.98 Å². The van der Waals surface area contributed by atoms with Gasteiger partial charge in [-0.15, -0.1) is 13.2 Å². The van der Waals surface area contributed by atoms with E-state index in [9.17, 15) is 13.2 Å². The SMILES string of the molecule is NCCOc1ncccc1C=C1c2ccccc2-c2ccc(OC(F)(F)F)cc21. The molecule has 0 radical (unpaired) electrons. The maximum absolute atomic E-state index is 12.7. The van der Waals surface area contributed by atoms with Crippen LogP contribution in [0, 0.1) is 0 Å². The van der Waals surface area contributed by atoms with Gasteiger partial charge in [0.1, 0.15) is 12.4 Å². The first kappa shape index (κ1) is 19.0. The molecule has 0 saturated heterocycles. The molecule has 0 saturated carbocycles. The zero-order valence-electron chi connectivity index (χ0n) is 15.2. The van der Waals surface area contributed by atoms with E-state index >= 15 is 0 Å². The van der Waals surface area contributed by atoms with E-state index in [2.05, 4.69) is 9.72 Å². The maximum atomic E-state index is 12.7. The number of nitrogens with two attached hydrogens (primary N) is 1. The van der Waals surface area contributed by atoms with Crippen LogP contribution in [-0.4, -0.2) is 24.5 Å². The highest BCUT2D eigenvalue weighted by molar-refractivity contribution is 6.07. The lowest BCUT2D eigenvalue weighted by Crippen LogP contribution is -2.17. The van der Waals surface area contributed by atoms with Crippen molar-refractivity contribution in [3.05, 3.63) is 77.5 Å². The van der Waals surface area contributed by atoms with Crippen LogP contribution in [-0.2, 0) is 0 Å². The van der Waals surface area contributed by atoms with Crippen LogP contribution in [0.5, 0.6) is 11.6 Å². The molecule has 3 aromatic rings. The molecule has 148 valence electrons. The second-order valence-electron chi connectivity index (χ2n) is 6.39. The monoisotopic (exact) mass is 398 g/mol. The third-order valence-electron chi connectivity index (χ3n) is 4.48. The van der Waals surface area contributed by atoms with Crippen molar-refractivity contribution < 1.29 is 22.6 Å². The second-order valence-corrected chi connectivity index (χ2v) is 6.39. The number of nitrogens with zero attached hydrogens (tertiary/aromatic N) is 1. The van der Waals surface area contributed by atoms with Crippen molar-refractivity contribution in [1.29, 1.82) is 0 Å². The molecule has 0 fully saturated rings. The summed E-state index contributed by atoms with van der Waals surface area (Å²) in [7, 11) is 0. The van der Waals surface area contributed by atoms with E-state index in [1.165, 1.54) is 12.1 Å². The van der Waals surface area contributed by atoms with Crippen LogP contribution in [0.4, 0.5) is 13.2 Å². The zero-order chi connectivity index (χ0) is 20.4. The highest BCUT2D eigenvalue weighted by Crippen LogP contribution is 2.46. The standard InChI is InChI=1S/C22H17F3N2O2/c23-22(24,25)29-15-7-8-18-16-5-1-2-6-17(16)19(20(18)13-15)12-14-4-3-10-27-21(14)28-11-9-26/h1-8,10,12-13H,9,11,26H2. The lowest BCUT2D eigenvalue weighted by atomic mass is 10.0. The second kappa shape index (κ2) is 7.60. The number of benzene rings is 2. The minimum atomic E-state index is -4.75. The van der Waals surface area contributed by atoms with Gasteiger partial charge in [0.2, 0.25) is 5.88 Å². The number of aromatic nitrogens is 1. The topological polar surface area (TPSA) is 57.4 Å². The normalized spacial score (nSPS) is 13.9. The molecule has 4 nitrogen and oxygen atoms in total. The molecule has 0 aliphatic heterocycles. The molecule has 2 N–H and O–H groups in total. The maximum Gasteiger partial charge on any atom is 0.573 e. The lowest BCUT2D eigenvalue weighted by Gasteiger charge is -2.11. The van der Waals surface area contributed by atoms with Crippen LogP contribution in [0.15, 0.2) is 60.8 Å². The summed E-state index contributed by atoms with van der Waals surface area (Å²) in [5.74, 6) is 0.153. The van der Waals surface area contributed by atoms with Crippen molar-refractivity contribution in [3.8, 4) is 22.8 Å². The molecular weight excluding hydrogens is 381 g/mol. The fourth-order valence-electron chi connectivity index (χ4n) is 3.38. The summed E-state index contributed by atoms with van der Waals surface area (Å²) in [6, 6.07) is 15.6. The Bertz CT molecular complexity index is 1080. The van der Waals surface area contributed by atoms with Gasteiger partial charge in [-0.3, -0.25) is 0 Å². The molecule has 29 heavy (non-hydrogen) atoms. The summed E-state index contributed by atoms with van der Waals surface area (Å²) in [5, 5.41) is 0. The Labute approximate surface area is 165 Å². The Kier molecular flexibility index (Phi) is 4.98. The molecule has 2 aromatic carbocycles. The van der Waals surface area contributed by atoms with Crippen LogP contribution in [0.25, 0.3) is 22.8 Å². The molecule has 0 atom stereocenters. The highest BCUT2D eigenvalue weighted by atomic mass is 19.4. The number of rotatable bonds is 5. The summed E-state index contributed by atoms with van der Waals surface area (Å²) < 4.78 is 47.8. The molecule has 4 rings (SSSR count). The van der Waals surface area contributed by atoms with Gasteiger partial charge < -0.3 is 15.2 Å². The lowest BCUT2D eigenvalue weighted by molar-refractivity contribution is -0.274. The summed E-state index contributed by atoms with van der Waals surface area (Å²) in [5.41, 5.74) is 10.3. The predicted octanol–water partition coefficient (Wildman–Crippen LogP) is 4.89. The smallest absolute Gasteiger partial charge is 0.476 e. The van der Waals surface area contributed by atoms with Crippen LogP contribution in [0.2, 0.25) is 0 Å². The molecular formula is C22H17F3N2O2. The first-order valence-electron chi connectivity index (χ1n) is 8.96. The summed E-state index contributed by atoms with van der Waals surface area (Å²) >= 11 is 0. The van der Waals surface area contributed by atoms with Gasteiger partial charge in [-0.05, 0) is 58.2 Å². The van der Waals surface area contributed by atoms with Gasteiger partial charge in [0.25, 0.3) is 0 Å². The highest BCUT2D eigenvalue weighted by Gasteiger charge is 2.32. The van der Waals surface area contributed by atoms with Gasteiger partial charge in [-0.25, -0.2) is 4.98 Å². The average Bonchev–Trinajstić information content (AvgIpc) is 2.99. The van der Waals surface area contributed by atoms with E-state index in [0.717, 1.165) is 22.3 Å². The summed E-state index contributed by atoms with van der Waals surface area (Å²) in [6.45, 7) is 0.653. The predicted molar refractivity (Wildman–Crippen MR) is 104 cm³/mol. The number of ether oxygens (including phenoxy) is 2. The minimum absolute atomic E-state index is 0.263. The molecule has 0 unspecified atom stereocenters. The Balaban J connectivity index is 1.84. The third-order valence-corrected chi connectivity index (χ3v) is 4.48. The van der Waals surface area contributed by atoms with Crippen LogP contribution < -0.4 is 15.2 Å². The minimum Gasteiger partial charge on any atom is -0.476 e. The van der Waals surface area contributed by atoms with Crippen molar-refractivity contribution in [3.63, 3.8) is 0 Å². The molecule has 0 amide bonds. The van der Waals surface area contributed by atoms with Gasteiger partial charge in [0.15, 0.2) is 0 Å². The van der Waals surface area contributed by atoms with E-state index in [4.69, 9.17) is 10.5 Å². The number of hydrogen-bond donors (Lipinski definition) is 1. The Morgan fingerprint density at radius 2 is 1.69 bits per heavy atom. The summed E-state index contributed by atoms with van der Waals surface area (Å²) in [6.07, 6.45) is -1.28. The zero-order valence-corrected chi connectivity index (χ0v) is 15.2. The van der Waals surface area contributed by atoms with Crippen LogP contribution in [0.1, 0.15) is 16.7 Å². The number of alkyl halides is 3. The van der Waals surface area contributed by atoms with Gasteiger partial charge in [0.05, 0.1) is 0 Å². The number of pyridine rings is 1. The quantitative estimate of drug-likeness (QED) is 0.520. The molecule has 1 aliphatic carbocycles. The number of hydrogen-bond acceptors (Lipinski definition) is 4. The third kappa shape index (κ3) is 3.95. The van der Waals surface area contributed by atoms with Crippen molar-refractivity contribution in [2.24, 2.45) is 5.73 Å². The van der Waals surface area contributed by atoms with Crippen molar-refractivity contribution in [2.75, 3.05) is 13.2 Å². The first-order valence-corrected chi connectivity index (χ1v) is 8.96. The van der Waals surface area contributed by atoms with Crippen LogP contribution in [0.3, 0.4) is 0 Å². The molecule has 1 aromatic heterocycles. The Morgan fingerprint density at radius 1 is 0.931 bits per heavy atom. The van der Waals surface area contributed by atoms with E-state index in [0.29, 0.717) is 30.2 Å². The molecule has 7 heteroatoms. The van der Waals surface area contributed by atoms with Gasteiger partial charge in [0, 0.05) is 18.3 Å². The molecule has 1 heterocycles. The first-order chi connectivity index (χ1) is 14.0. The number of fused-ring (bicyclic) bond motifs is 3. The van der Waals surface area contributed by atoms with E-state index in [-0.39, 0.29) is 5.75 Å². The Hall–Kier alpha value is -3.32. The van der Waals surface area contributed by atoms with Crippen LogP contribution >= 0.6 is 0 Å². The van der Waals surface area contributed by atoms with Gasteiger partial charge in [-0.2, -0.15) is 0 Å². The van der Waals surface area contributed by atoms with E-state index in [1.54, 1.807) is 18.3 Å². The average molecular weight is 398 g/mol. The fourth-order valence-corrected chi connectivity index (χ4v) is 3.38. The Morgan fingerprint density at radius 3 is 2.45 bits per heavy atom. The fraction of sp³-hybridized carbons (Fsp3) is 0.136. The summed E-state index contributed by atoms with van der Waals surface area (Å²) in [4.78, 5) is 4.24. The van der Waals surface area contributed by atoms with Crippen molar-refractivity contribution >= 4 is 11.6 Å². The number of halogens is 3. The molecule has 0 spiro atoms. The molecule has 0 bridgehead atoms.